The van der Waals surface area contributed by atoms with Gasteiger partial charge in [-0.2, -0.15) is 0 Å². The number of benzene rings is 2. The number of hydrogen-bond acceptors (Lipinski definition) is 8. The number of carbonyl (C=O) groups excluding carboxylic acids is 1. The Morgan fingerprint density at radius 2 is 1.98 bits per heavy atom. The van der Waals surface area contributed by atoms with Gasteiger partial charge in [-0.15, -0.1) is 5.92 Å². The third kappa shape index (κ3) is 8.36. The van der Waals surface area contributed by atoms with E-state index in [2.05, 4.69) is 59.2 Å². The molecule has 0 saturated heterocycles. The average molecular weight is 657 g/mol. The Labute approximate surface area is 283 Å². The molecule has 0 radical (unpaired) electrons. The molecule has 5 bridgehead atoms. The van der Waals surface area contributed by atoms with Crippen LogP contribution in [0, 0.1) is 47.4 Å². The second-order valence-electron chi connectivity index (χ2n) is 13.3. The second kappa shape index (κ2) is 16.1. The highest BCUT2D eigenvalue weighted by molar-refractivity contribution is 5.79. The Hall–Kier alpha value is -4.38. The lowest BCUT2D eigenvalue weighted by atomic mass is 9.78. The summed E-state index contributed by atoms with van der Waals surface area (Å²) >= 11 is 0. The molecule has 2 aliphatic carbocycles. The van der Waals surface area contributed by atoms with E-state index in [1.807, 2.05) is 7.05 Å². The van der Waals surface area contributed by atoms with Crippen LogP contribution in [-0.4, -0.2) is 68.6 Å². The van der Waals surface area contributed by atoms with Crippen LogP contribution in [0.5, 0.6) is 23.0 Å². The first-order valence-electron chi connectivity index (χ1n) is 16.9. The number of aliphatic hydroxyl groups is 1. The Morgan fingerprint density at radius 1 is 1.15 bits per heavy atom. The molecule has 1 heterocycles. The summed E-state index contributed by atoms with van der Waals surface area (Å²) < 4.78 is 18.4. The van der Waals surface area contributed by atoms with Crippen LogP contribution in [0.3, 0.4) is 0 Å². The van der Waals surface area contributed by atoms with Crippen molar-refractivity contribution in [2.24, 2.45) is 34.4 Å². The number of aliphatic hydroxyl groups excluding tert-OH is 1. The van der Waals surface area contributed by atoms with Gasteiger partial charge in [-0.25, -0.2) is 0 Å². The average Bonchev–Trinajstić information content (AvgIpc) is 3.07. The van der Waals surface area contributed by atoms with Crippen LogP contribution in [0.2, 0.25) is 0 Å². The maximum absolute atomic E-state index is 13.2. The summed E-state index contributed by atoms with van der Waals surface area (Å²) in [5.41, 5.74) is 10.4. The van der Waals surface area contributed by atoms with Crippen molar-refractivity contribution in [1.82, 2.24) is 10.6 Å². The molecule has 1 aliphatic heterocycles. The fourth-order valence-electron chi connectivity index (χ4n) is 6.56. The van der Waals surface area contributed by atoms with Crippen LogP contribution in [0.25, 0.3) is 0 Å². The molecule has 3 aliphatic rings. The molecule has 0 amide bonds. The van der Waals surface area contributed by atoms with E-state index in [1.165, 1.54) is 7.11 Å². The van der Waals surface area contributed by atoms with Gasteiger partial charge in [0.2, 0.25) is 0 Å². The topological polar surface area (TPSA) is 148 Å². The number of carbonyl (C=O) groups is 1. The van der Waals surface area contributed by atoms with Crippen LogP contribution in [0.1, 0.15) is 60.9 Å². The molecule has 10 nitrogen and oxygen atoms in total. The first-order chi connectivity index (χ1) is 23.2. The lowest BCUT2D eigenvalue weighted by Crippen LogP contribution is -2.40. The van der Waals surface area contributed by atoms with Crippen molar-refractivity contribution in [3.05, 3.63) is 46.0 Å². The number of phenols is 1. The zero-order valence-corrected chi connectivity index (χ0v) is 28.4. The number of Topliss-reactive ketones (excluding diaryl/α,β-unsaturated/α-hetero) is 1. The Kier molecular flexibility index (Phi) is 11.8. The van der Waals surface area contributed by atoms with Gasteiger partial charge in [0, 0.05) is 55.8 Å². The fourth-order valence-corrected chi connectivity index (χ4v) is 6.56. The highest BCUT2D eigenvalue weighted by atomic mass is 16.5. The minimum atomic E-state index is -0.949. The number of aromatic hydroxyl groups is 1. The summed E-state index contributed by atoms with van der Waals surface area (Å²) in [6, 6.07) is 5.42. The number of ether oxygens (including phenoxy) is 3. The number of aliphatic imine (C=N–C) groups is 1. The van der Waals surface area contributed by atoms with E-state index in [4.69, 9.17) is 19.9 Å². The number of rotatable bonds is 8. The minimum absolute atomic E-state index is 0.0129. The molecule has 0 saturated carbocycles. The largest absolute Gasteiger partial charge is 0.504 e. The van der Waals surface area contributed by atoms with Gasteiger partial charge >= 0.3 is 0 Å². The number of ketones is 1. The van der Waals surface area contributed by atoms with E-state index in [-0.39, 0.29) is 48.7 Å². The van der Waals surface area contributed by atoms with Crippen LogP contribution < -0.4 is 30.6 Å². The molecule has 0 fully saturated rings. The molecule has 4 atom stereocenters. The first-order valence-corrected chi connectivity index (χ1v) is 16.9. The number of guanidine groups is 1. The van der Waals surface area contributed by atoms with E-state index in [9.17, 15) is 15.0 Å². The van der Waals surface area contributed by atoms with E-state index >= 15 is 0 Å². The normalized spacial score (nSPS) is 22.2. The minimum Gasteiger partial charge on any atom is -0.504 e. The van der Waals surface area contributed by atoms with Crippen molar-refractivity contribution < 1.29 is 29.2 Å². The van der Waals surface area contributed by atoms with E-state index in [0.717, 1.165) is 28.7 Å². The second-order valence-corrected chi connectivity index (χ2v) is 13.3. The smallest absolute Gasteiger partial charge is 0.188 e. The predicted octanol–water partition coefficient (Wildman–Crippen LogP) is 3.11. The quantitative estimate of drug-likeness (QED) is 0.125. The number of hydrogen-bond donors (Lipinski definition) is 5. The van der Waals surface area contributed by atoms with Crippen molar-refractivity contribution >= 4 is 11.7 Å². The molecular formula is C38H48N4O6. The molecular weight excluding hydrogens is 608 g/mol. The van der Waals surface area contributed by atoms with Gasteiger partial charge in [0.1, 0.15) is 12.5 Å². The van der Waals surface area contributed by atoms with Gasteiger partial charge in [0.05, 0.1) is 31.3 Å². The van der Waals surface area contributed by atoms with Crippen molar-refractivity contribution in [2.45, 2.75) is 64.9 Å². The van der Waals surface area contributed by atoms with Crippen molar-refractivity contribution in [2.75, 3.05) is 40.6 Å². The Morgan fingerprint density at radius 3 is 2.75 bits per heavy atom. The summed E-state index contributed by atoms with van der Waals surface area (Å²) in [6.07, 6.45) is 1.78. The monoisotopic (exact) mass is 656 g/mol. The van der Waals surface area contributed by atoms with Crippen LogP contribution >= 0.6 is 0 Å². The van der Waals surface area contributed by atoms with Gasteiger partial charge in [-0.05, 0) is 55.3 Å². The lowest BCUT2D eigenvalue weighted by molar-refractivity contribution is -0.121. The summed E-state index contributed by atoms with van der Waals surface area (Å²) in [5.74, 6) is 15.4. The third-order valence-electron chi connectivity index (χ3n) is 9.20. The molecule has 2 aromatic rings. The van der Waals surface area contributed by atoms with Gasteiger partial charge < -0.3 is 35.5 Å². The number of aryl methyl sites for hydroxylation is 1. The van der Waals surface area contributed by atoms with Crippen molar-refractivity contribution in [3.63, 3.8) is 0 Å². The SMILES string of the molecule is CNCOc1c2cc3c4c1OCC(C4)C(CNC(N)=NCC(C)C)CC#CC(C3)C(O)CC(=O)CCc1ccc(O)c(OC)c1C#CC2. The van der Waals surface area contributed by atoms with E-state index in [0.29, 0.717) is 74.3 Å². The van der Waals surface area contributed by atoms with Gasteiger partial charge in [0.15, 0.2) is 29.0 Å². The molecule has 4 unspecified atom stereocenters. The van der Waals surface area contributed by atoms with Gasteiger partial charge in [-0.3, -0.25) is 15.1 Å². The predicted molar refractivity (Wildman–Crippen MR) is 185 cm³/mol. The van der Waals surface area contributed by atoms with Crippen LogP contribution in [0.4, 0.5) is 0 Å². The molecule has 2 aromatic carbocycles. The Bertz CT molecular complexity index is 1650. The number of fused-ring (bicyclic) bond motifs is 4. The molecule has 6 N–H and O–H groups in total. The number of nitrogens with two attached hydrogens (primary N) is 1. The molecule has 0 aromatic heterocycles. The Balaban J connectivity index is 1.59. The number of nitrogens with zero attached hydrogens (tertiary/aromatic N) is 1. The van der Waals surface area contributed by atoms with Crippen LogP contribution in [0.15, 0.2) is 23.2 Å². The summed E-state index contributed by atoms with van der Waals surface area (Å²) in [6.45, 7) is 6.20. The van der Waals surface area contributed by atoms with Gasteiger partial charge in [0.25, 0.3) is 0 Å². The summed E-state index contributed by atoms with van der Waals surface area (Å²) in [5, 5.41) is 28.4. The van der Waals surface area contributed by atoms with E-state index in [1.54, 1.807) is 12.1 Å². The molecule has 0 spiro atoms. The van der Waals surface area contributed by atoms with Crippen molar-refractivity contribution in [3.8, 4) is 46.7 Å². The van der Waals surface area contributed by atoms with E-state index < -0.39 is 12.0 Å². The molecule has 256 valence electrons. The standard InChI is InChI=1S/C38H48N4O6/c1-23(2)19-41-38(39)42-20-27-9-5-7-25-15-28-16-26(35(48-22-40-3)37-32(28)17-29(27)21-47-37)8-6-10-31-24(11-13-30(43)18-34(25)45)12-14-33(44)36(31)46-4/h12,14,16,23,25,27,29,34,40,44-45H,8-9,11,13,15,17-22H2,1-4H3,(H3,39,41,42). The molecule has 10 heteroatoms. The van der Waals surface area contributed by atoms with Gasteiger partial charge in [-0.1, -0.05) is 43.7 Å². The maximum Gasteiger partial charge on any atom is 0.188 e. The number of methoxy groups -OCH3 is 1. The number of phenolic OH excluding ortho intramolecular Hbond substituents is 1. The highest BCUT2D eigenvalue weighted by Gasteiger charge is 2.34. The fraction of sp³-hybridized carbons (Fsp3) is 0.526. The highest BCUT2D eigenvalue weighted by Crippen LogP contribution is 2.44. The lowest BCUT2D eigenvalue weighted by Gasteiger charge is -2.35. The number of nitrogens with one attached hydrogen (secondary N) is 2. The van der Waals surface area contributed by atoms with Crippen LogP contribution in [-0.2, 0) is 30.5 Å². The third-order valence-corrected chi connectivity index (χ3v) is 9.20. The molecule has 5 rings (SSSR count). The molecule has 48 heavy (non-hydrogen) atoms. The van der Waals surface area contributed by atoms with Crippen molar-refractivity contribution in [1.29, 1.82) is 0 Å². The zero-order valence-electron chi connectivity index (χ0n) is 28.4. The maximum atomic E-state index is 13.2. The summed E-state index contributed by atoms with van der Waals surface area (Å²) in [7, 11) is 3.31. The summed E-state index contributed by atoms with van der Waals surface area (Å²) in [4.78, 5) is 17.7. The zero-order chi connectivity index (χ0) is 34.2. The first kappa shape index (κ1) is 34.9.